The van der Waals surface area contributed by atoms with Crippen molar-refractivity contribution in [2.24, 2.45) is 11.1 Å². The van der Waals surface area contributed by atoms with Crippen molar-refractivity contribution in [1.82, 2.24) is 0 Å². The summed E-state index contributed by atoms with van der Waals surface area (Å²) in [7, 11) is 0. The first-order chi connectivity index (χ1) is 7.75. The van der Waals surface area contributed by atoms with Gasteiger partial charge in [-0.3, -0.25) is 4.79 Å². The highest BCUT2D eigenvalue weighted by Gasteiger charge is 2.31. The van der Waals surface area contributed by atoms with Gasteiger partial charge in [0.05, 0.1) is 16.1 Å². The van der Waals surface area contributed by atoms with E-state index in [1.807, 2.05) is 0 Å². The molecule has 1 aromatic carbocycles. The first-order valence-corrected chi connectivity index (χ1v) is 5.60. The minimum atomic E-state index is -1.04. The van der Waals surface area contributed by atoms with E-state index < -0.39 is 17.1 Å². The smallest absolute Gasteiger partial charge is 0.236 e. The van der Waals surface area contributed by atoms with Gasteiger partial charge >= 0.3 is 0 Å². The van der Waals surface area contributed by atoms with Crippen LogP contribution in [-0.4, -0.2) is 10.9 Å². The van der Waals surface area contributed by atoms with Gasteiger partial charge in [-0.05, 0) is 32.0 Å². The summed E-state index contributed by atoms with van der Waals surface area (Å²) in [6.07, 6.45) is 0. The van der Waals surface area contributed by atoms with Crippen LogP contribution in [0.3, 0.4) is 0 Å². The normalized spacial score (nSPS) is 11.1. The van der Waals surface area contributed by atoms with E-state index >= 15 is 0 Å². The molecular weight excluding hydrogens is 263 g/mol. The SMILES string of the molecule is CC(C)(C(=O)Nc1ccc(Cl)cc1F)C(N)=S. The number of carbonyl (C=O) groups is 1. The molecule has 17 heavy (non-hydrogen) atoms. The second-order valence-electron chi connectivity index (χ2n) is 4.07. The van der Waals surface area contributed by atoms with Crippen LogP contribution >= 0.6 is 23.8 Å². The average molecular weight is 275 g/mol. The first-order valence-electron chi connectivity index (χ1n) is 4.81. The lowest BCUT2D eigenvalue weighted by atomic mass is 9.92. The largest absolute Gasteiger partial charge is 0.392 e. The van der Waals surface area contributed by atoms with Crippen molar-refractivity contribution < 1.29 is 9.18 Å². The predicted octanol–water partition coefficient (Wildman–Crippen LogP) is 2.73. The van der Waals surface area contributed by atoms with Crippen LogP contribution in [0.1, 0.15) is 13.8 Å². The lowest BCUT2D eigenvalue weighted by Crippen LogP contribution is -2.41. The van der Waals surface area contributed by atoms with Crippen molar-refractivity contribution in [3.05, 3.63) is 29.0 Å². The van der Waals surface area contributed by atoms with E-state index in [0.717, 1.165) is 6.07 Å². The van der Waals surface area contributed by atoms with E-state index in [-0.39, 0.29) is 15.7 Å². The number of amides is 1. The Labute approximate surface area is 109 Å². The Kier molecular flexibility index (Phi) is 4.06. The summed E-state index contributed by atoms with van der Waals surface area (Å²) < 4.78 is 13.4. The van der Waals surface area contributed by atoms with Gasteiger partial charge in [0.15, 0.2) is 0 Å². The van der Waals surface area contributed by atoms with Crippen LogP contribution in [0.2, 0.25) is 5.02 Å². The third-order valence-corrected chi connectivity index (χ3v) is 3.11. The van der Waals surface area contributed by atoms with Crippen molar-refractivity contribution in [2.45, 2.75) is 13.8 Å². The molecule has 1 aromatic rings. The second-order valence-corrected chi connectivity index (χ2v) is 4.94. The molecule has 0 bridgehead atoms. The van der Waals surface area contributed by atoms with E-state index in [1.165, 1.54) is 12.1 Å². The van der Waals surface area contributed by atoms with Crippen LogP contribution in [0.15, 0.2) is 18.2 Å². The molecule has 0 saturated carbocycles. The average Bonchev–Trinajstić information content (AvgIpc) is 2.21. The number of nitrogens with one attached hydrogen (secondary N) is 1. The van der Waals surface area contributed by atoms with Crippen LogP contribution in [0.25, 0.3) is 0 Å². The minimum Gasteiger partial charge on any atom is -0.392 e. The number of halogens is 2. The molecule has 0 spiro atoms. The van der Waals surface area contributed by atoms with E-state index in [4.69, 9.17) is 29.6 Å². The second kappa shape index (κ2) is 4.98. The molecule has 0 atom stereocenters. The summed E-state index contributed by atoms with van der Waals surface area (Å²) >= 11 is 10.4. The Morgan fingerprint density at radius 2 is 2.12 bits per heavy atom. The van der Waals surface area contributed by atoms with E-state index in [9.17, 15) is 9.18 Å². The molecule has 0 heterocycles. The Morgan fingerprint density at radius 3 is 2.59 bits per heavy atom. The molecule has 1 rings (SSSR count). The fraction of sp³-hybridized carbons (Fsp3) is 0.273. The van der Waals surface area contributed by atoms with Gasteiger partial charge in [-0.25, -0.2) is 4.39 Å². The van der Waals surface area contributed by atoms with Crippen molar-refractivity contribution in [2.75, 3.05) is 5.32 Å². The number of nitrogens with two attached hydrogens (primary N) is 1. The predicted molar refractivity (Wildman–Crippen MR) is 70.6 cm³/mol. The van der Waals surface area contributed by atoms with E-state index in [1.54, 1.807) is 13.8 Å². The number of anilines is 1. The van der Waals surface area contributed by atoms with Gasteiger partial charge in [0.1, 0.15) is 5.82 Å². The summed E-state index contributed by atoms with van der Waals surface area (Å²) in [5.74, 6) is -1.07. The van der Waals surface area contributed by atoms with Crippen molar-refractivity contribution in [1.29, 1.82) is 0 Å². The number of hydrogen-bond donors (Lipinski definition) is 2. The zero-order valence-corrected chi connectivity index (χ0v) is 11.0. The molecule has 3 N–H and O–H groups in total. The first kappa shape index (κ1) is 13.9. The summed E-state index contributed by atoms with van der Waals surface area (Å²) in [6, 6.07) is 3.98. The van der Waals surface area contributed by atoms with Gasteiger partial charge in [0.2, 0.25) is 5.91 Å². The van der Waals surface area contributed by atoms with Crippen LogP contribution in [0.5, 0.6) is 0 Å². The van der Waals surface area contributed by atoms with Gasteiger partial charge in [0.25, 0.3) is 0 Å². The standard InChI is InChI=1S/C11H12ClFN2OS/c1-11(2,9(14)17)10(16)15-8-4-3-6(12)5-7(8)13/h3-5H,1-2H3,(H2,14,17)(H,15,16). The number of hydrogen-bond acceptors (Lipinski definition) is 2. The van der Waals surface area contributed by atoms with E-state index in [0.29, 0.717) is 0 Å². The topological polar surface area (TPSA) is 55.1 Å². The van der Waals surface area contributed by atoms with Crippen LogP contribution in [-0.2, 0) is 4.79 Å². The molecule has 92 valence electrons. The summed E-state index contributed by atoms with van der Waals surface area (Å²) in [4.78, 5) is 11.9. The van der Waals surface area contributed by atoms with Gasteiger partial charge in [-0.2, -0.15) is 0 Å². The maximum Gasteiger partial charge on any atom is 0.236 e. The molecular formula is C11H12ClFN2OS. The zero-order chi connectivity index (χ0) is 13.2. The zero-order valence-electron chi connectivity index (χ0n) is 9.38. The summed E-state index contributed by atoms with van der Waals surface area (Å²) in [6.45, 7) is 3.14. The maximum absolute atomic E-state index is 13.4. The molecule has 6 heteroatoms. The molecule has 0 saturated heterocycles. The highest BCUT2D eigenvalue weighted by Crippen LogP contribution is 2.22. The molecule has 0 radical (unpaired) electrons. The highest BCUT2D eigenvalue weighted by atomic mass is 35.5. The third-order valence-electron chi connectivity index (χ3n) is 2.36. The van der Waals surface area contributed by atoms with Crippen molar-refractivity contribution in [3.8, 4) is 0 Å². The number of thiocarbonyl (C=S) groups is 1. The third kappa shape index (κ3) is 3.14. The Morgan fingerprint density at radius 1 is 1.53 bits per heavy atom. The molecule has 0 aromatic heterocycles. The fourth-order valence-electron chi connectivity index (χ4n) is 0.981. The van der Waals surface area contributed by atoms with Crippen molar-refractivity contribution >= 4 is 40.4 Å². The number of benzene rings is 1. The Hall–Kier alpha value is -1.20. The monoisotopic (exact) mass is 274 g/mol. The number of rotatable bonds is 3. The maximum atomic E-state index is 13.4. The van der Waals surface area contributed by atoms with Crippen LogP contribution in [0.4, 0.5) is 10.1 Å². The molecule has 0 fully saturated rings. The fourth-order valence-corrected chi connectivity index (χ4v) is 1.23. The quantitative estimate of drug-likeness (QED) is 0.834. The highest BCUT2D eigenvalue weighted by molar-refractivity contribution is 7.80. The van der Waals surface area contributed by atoms with Gasteiger partial charge < -0.3 is 11.1 Å². The van der Waals surface area contributed by atoms with Gasteiger partial charge in [-0.1, -0.05) is 23.8 Å². The molecule has 0 unspecified atom stereocenters. The lowest BCUT2D eigenvalue weighted by Gasteiger charge is -2.22. The Bertz CT molecular complexity index is 477. The van der Waals surface area contributed by atoms with Gasteiger partial charge in [-0.15, -0.1) is 0 Å². The van der Waals surface area contributed by atoms with E-state index in [2.05, 4.69) is 5.32 Å². The molecule has 3 nitrogen and oxygen atoms in total. The summed E-state index contributed by atoms with van der Waals surface area (Å²) in [5, 5.41) is 2.68. The van der Waals surface area contributed by atoms with Crippen LogP contribution in [0, 0.1) is 11.2 Å². The minimum absolute atomic E-state index is 0.0451. The Balaban J connectivity index is 2.92. The van der Waals surface area contributed by atoms with Crippen LogP contribution < -0.4 is 11.1 Å². The molecule has 1 amide bonds. The lowest BCUT2D eigenvalue weighted by molar-refractivity contribution is -0.121. The molecule has 0 aliphatic rings. The van der Waals surface area contributed by atoms with Gasteiger partial charge in [0, 0.05) is 5.02 Å². The molecule has 0 aliphatic heterocycles. The van der Waals surface area contributed by atoms with Crippen molar-refractivity contribution in [3.63, 3.8) is 0 Å². The molecule has 0 aliphatic carbocycles. The number of carbonyl (C=O) groups excluding carboxylic acids is 1. The summed E-state index contributed by atoms with van der Waals surface area (Å²) in [5.41, 5.74) is 4.45.